The first-order valence-corrected chi connectivity index (χ1v) is 10.1. The third kappa shape index (κ3) is 3.90. The Bertz CT molecular complexity index is 992. The van der Waals surface area contributed by atoms with E-state index in [1.54, 1.807) is 31.3 Å². The van der Waals surface area contributed by atoms with Crippen LogP contribution >= 0.6 is 11.3 Å². The summed E-state index contributed by atoms with van der Waals surface area (Å²) in [6.45, 7) is 1.02. The average molecular weight is 416 g/mol. The van der Waals surface area contributed by atoms with Crippen LogP contribution in [0.1, 0.15) is 23.2 Å². The molecule has 8 heteroatoms. The number of rotatable bonds is 6. The molecule has 2 aromatic carbocycles. The zero-order valence-electron chi connectivity index (χ0n) is 16.2. The van der Waals surface area contributed by atoms with E-state index < -0.39 is 5.82 Å². The predicted molar refractivity (Wildman–Crippen MR) is 110 cm³/mol. The van der Waals surface area contributed by atoms with Crippen molar-refractivity contribution in [1.29, 1.82) is 0 Å². The molecule has 0 aliphatic carbocycles. The summed E-state index contributed by atoms with van der Waals surface area (Å²) in [6, 6.07) is 9.26. The summed E-state index contributed by atoms with van der Waals surface area (Å²) in [5, 5.41) is 0.493. The zero-order valence-corrected chi connectivity index (χ0v) is 17.0. The van der Waals surface area contributed by atoms with E-state index in [2.05, 4.69) is 4.98 Å². The van der Waals surface area contributed by atoms with Crippen LogP contribution in [0.2, 0.25) is 0 Å². The largest absolute Gasteiger partial charge is 0.495 e. The molecular formula is C21H21FN2O4S. The fourth-order valence-electron chi connectivity index (χ4n) is 3.41. The number of hydrogen-bond acceptors (Lipinski definition) is 6. The number of hydrogen-bond donors (Lipinski definition) is 0. The van der Waals surface area contributed by atoms with Crippen LogP contribution in [-0.4, -0.2) is 44.4 Å². The van der Waals surface area contributed by atoms with Crippen LogP contribution in [0.5, 0.6) is 11.5 Å². The second-order valence-corrected chi connectivity index (χ2v) is 7.68. The van der Waals surface area contributed by atoms with Crippen LogP contribution in [0.4, 0.5) is 9.52 Å². The molecule has 1 saturated heterocycles. The summed E-state index contributed by atoms with van der Waals surface area (Å²) in [5.74, 6) is 0.468. The van der Waals surface area contributed by atoms with Crippen molar-refractivity contribution in [1.82, 2.24) is 4.98 Å². The Hall–Kier alpha value is -2.71. The lowest BCUT2D eigenvalue weighted by molar-refractivity contribution is 0.0917. The fraction of sp³-hybridized carbons (Fsp3) is 0.333. The third-order valence-electron chi connectivity index (χ3n) is 4.86. The number of amides is 1. The van der Waals surface area contributed by atoms with Gasteiger partial charge in [0, 0.05) is 12.2 Å². The molecule has 1 aromatic heterocycles. The maximum atomic E-state index is 13.7. The van der Waals surface area contributed by atoms with E-state index in [1.807, 2.05) is 6.07 Å². The lowest BCUT2D eigenvalue weighted by Gasteiger charge is -2.23. The predicted octanol–water partition coefficient (Wildman–Crippen LogP) is 4.28. The van der Waals surface area contributed by atoms with E-state index in [4.69, 9.17) is 14.2 Å². The van der Waals surface area contributed by atoms with Crippen LogP contribution in [0.25, 0.3) is 10.2 Å². The van der Waals surface area contributed by atoms with Gasteiger partial charge in [0.1, 0.15) is 27.5 Å². The van der Waals surface area contributed by atoms with Crippen molar-refractivity contribution in [2.45, 2.75) is 18.9 Å². The van der Waals surface area contributed by atoms with Crippen LogP contribution in [-0.2, 0) is 4.74 Å². The number of thiazole rings is 1. The molecule has 29 heavy (non-hydrogen) atoms. The smallest absolute Gasteiger partial charge is 0.260 e. The quantitative estimate of drug-likeness (QED) is 0.600. The van der Waals surface area contributed by atoms with E-state index in [1.165, 1.54) is 29.5 Å². The molecule has 0 radical (unpaired) electrons. The van der Waals surface area contributed by atoms with E-state index in [0.29, 0.717) is 35.3 Å². The van der Waals surface area contributed by atoms with Crippen molar-refractivity contribution in [3.8, 4) is 11.5 Å². The number of aromatic nitrogens is 1. The minimum Gasteiger partial charge on any atom is -0.495 e. The van der Waals surface area contributed by atoms with Gasteiger partial charge in [0.2, 0.25) is 0 Å². The third-order valence-corrected chi connectivity index (χ3v) is 5.95. The van der Waals surface area contributed by atoms with E-state index >= 15 is 0 Å². The molecule has 1 aliphatic heterocycles. The normalized spacial score (nSPS) is 16.2. The number of anilines is 1. The first-order valence-electron chi connectivity index (χ1n) is 9.31. The number of methoxy groups -OCH3 is 2. The molecule has 3 aromatic rings. The highest BCUT2D eigenvalue weighted by Gasteiger charge is 2.28. The highest BCUT2D eigenvalue weighted by molar-refractivity contribution is 7.22. The summed E-state index contributed by atoms with van der Waals surface area (Å²) >= 11 is 1.34. The number of fused-ring (bicyclic) bond motifs is 1. The summed E-state index contributed by atoms with van der Waals surface area (Å²) in [7, 11) is 3.16. The van der Waals surface area contributed by atoms with Gasteiger partial charge in [-0.15, -0.1) is 0 Å². The molecule has 0 bridgehead atoms. The minimum atomic E-state index is -0.458. The van der Waals surface area contributed by atoms with E-state index in [0.717, 1.165) is 17.5 Å². The SMILES string of the molecule is COc1ccc(OC)c2sc(N(CC3CCCO3)C(=O)c3cccc(F)c3)nc12. The first-order chi connectivity index (χ1) is 14.1. The van der Waals surface area contributed by atoms with Gasteiger partial charge in [-0.25, -0.2) is 9.37 Å². The van der Waals surface area contributed by atoms with Crippen molar-refractivity contribution in [2.75, 3.05) is 32.3 Å². The lowest BCUT2D eigenvalue weighted by atomic mass is 10.1. The van der Waals surface area contributed by atoms with Gasteiger partial charge >= 0.3 is 0 Å². The Morgan fingerprint density at radius 1 is 1.28 bits per heavy atom. The van der Waals surface area contributed by atoms with Crippen LogP contribution in [0, 0.1) is 5.82 Å². The molecular weight excluding hydrogens is 395 g/mol. The number of nitrogens with zero attached hydrogens (tertiary/aromatic N) is 2. The van der Waals surface area contributed by atoms with Gasteiger partial charge in [0.15, 0.2) is 5.13 Å². The molecule has 1 amide bonds. The molecule has 1 unspecified atom stereocenters. The number of carbonyl (C=O) groups is 1. The second-order valence-electron chi connectivity index (χ2n) is 6.71. The van der Waals surface area contributed by atoms with Gasteiger partial charge in [-0.2, -0.15) is 0 Å². The molecule has 0 N–H and O–H groups in total. The molecule has 0 spiro atoms. The summed E-state index contributed by atoms with van der Waals surface area (Å²) in [5.41, 5.74) is 0.886. The van der Waals surface area contributed by atoms with Crippen molar-refractivity contribution < 1.29 is 23.4 Å². The minimum absolute atomic E-state index is 0.0803. The molecule has 0 saturated carbocycles. The van der Waals surface area contributed by atoms with Crippen molar-refractivity contribution in [3.05, 3.63) is 47.8 Å². The summed E-state index contributed by atoms with van der Waals surface area (Å²) in [6.07, 6.45) is 1.74. The van der Waals surface area contributed by atoms with Crippen LogP contribution < -0.4 is 14.4 Å². The van der Waals surface area contributed by atoms with Crippen molar-refractivity contribution >= 4 is 32.6 Å². The maximum absolute atomic E-state index is 13.7. The zero-order chi connectivity index (χ0) is 20.4. The van der Waals surface area contributed by atoms with Crippen molar-refractivity contribution in [2.24, 2.45) is 0 Å². The van der Waals surface area contributed by atoms with E-state index in [9.17, 15) is 9.18 Å². The van der Waals surface area contributed by atoms with Gasteiger partial charge in [-0.1, -0.05) is 17.4 Å². The lowest BCUT2D eigenvalue weighted by Crippen LogP contribution is -2.37. The molecule has 1 atom stereocenters. The molecule has 1 aliphatic rings. The summed E-state index contributed by atoms with van der Waals surface area (Å²) in [4.78, 5) is 19.5. The summed E-state index contributed by atoms with van der Waals surface area (Å²) < 4.78 is 31.1. The number of ether oxygens (including phenoxy) is 3. The van der Waals surface area contributed by atoms with Crippen LogP contribution in [0.15, 0.2) is 36.4 Å². The molecule has 4 rings (SSSR count). The number of halogens is 1. The van der Waals surface area contributed by atoms with Crippen molar-refractivity contribution in [3.63, 3.8) is 0 Å². The topological polar surface area (TPSA) is 60.9 Å². The highest BCUT2D eigenvalue weighted by Crippen LogP contribution is 2.40. The monoisotopic (exact) mass is 416 g/mol. The van der Waals surface area contributed by atoms with Gasteiger partial charge in [0.05, 0.1) is 26.9 Å². The van der Waals surface area contributed by atoms with E-state index in [-0.39, 0.29) is 17.6 Å². The molecule has 152 valence electrons. The molecule has 1 fully saturated rings. The Morgan fingerprint density at radius 3 is 2.76 bits per heavy atom. The highest BCUT2D eigenvalue weighted by atomic mass is 32.1. The second kappa shape index (κ2) is 8.34. The Labute approximate surface area is 171 Å². The molecule has 2 heterocycles. The first kappa shape index (κ1) is 19.6. The molecule has 6 nitrogen and oxygen atoms in total. The van der Waals surface area contributed by atoms with Gasteiger partial charge < -0.3 is 14.2 Å². The average Bonchev–Trinajstić information content (AvgIpc) is 3.40. The fourth-order valence-corrected chi connectivity index (χ4v) is 4.49. The maximum Gasteiger partial charge on any atom is 0.260 e. The van der Waals surface area contributed by atoms with Gasteiger partial charge in [-0.05, 0) is 43.2 Å². The Balaban J connectivity index is 1.79. The number of benzene rings is 2. The Morgan fingerprint density at radius 2 is 2.07 bits per heavy atom. The standard InChI is InChI=1S/C21H21FN2O4S/c1-26-16-8-9-17(27-2)19-18(16)23-21(29-19)24(12-15-7-4-10-28-15)20(25)13-5-3-6-14(22)11-13/h3,5-6,8-9,11,15H,4,7,10,12H2,1-2H3. The van der Waals surface area contributed by atoms with Crippen LogP contribution in [0.3, 0.4) is 0 Å². The van der Waals surface area contributed by atoms with Gasteiger partial charge in [0.25, 0.3) is 5.91 Å². The van der Waals surface area contributed by atoms with Gasteiger partial charge in [-0.3, -0.25) is 9.69 Å². The Kier molecular flexibility index (Phi) is 5.64. The number of carbonyl (C=O) groups excluding carboxylic acids is 1.